The van der Waals surface area contributed by atoms with Gasteiger partial charge in [0.25, 0.3) is 0 Å². The Morgan fingerprint density at radius 2 is 1.58 bits per heavy atom. The molecule has 1 aromatic heterocycles. The van der Waals surface area contributed by atoms with Gasteiger partial charge in [0.05, 0.1) is 30.2 Å². The monoisotopic (exact) mass is 441 g/mol. The third-order valence-electron chi connectivity index (χ3n) is 8.99. The molecule has 5 aliphatic carbocycles. The van der Waals surface area contributed by atoms with Crippen molar-refractivity contribution >= 4 is 18.9 Å². The Labute approximate surface area is 210 Å². The van der Waals surface area contributed by atoms with Crippen LogP contribution < -0.4 is 0 Å². The van der Waals surface area contributed by atoms with Crippen molar-refractivity contribution in [3.8, 4) is 0 Å². The summed E-state index contributed by atoms with van der Waals surface area (Å²) < 4.78 is 9.29. The van der Waals surface area contributed by atoms with Crippen LogP contribution in [0.15, 0.2) is 30.3 Å². The molecular weight excluding hydrogens is 403 g/mol. The van der Waals surface area contributed by atoms with Crippen molar-refractivity contribution < 1.29 is 9.84 Å². The second kappa shape index (κ2) is 9.90. The zero-order valence-electron chi connectivity index (χ0n) is 20.3. The minimum Gasteiger partial charge on any atom is -0.390 e. The second-order valence-corrected chi connectivity index (χ2v) is 11.3. The molecule has 4 nitrogen and oxygen atoms in total. The van der Waals surface area contributed by atoms with Gasteiger partial charge >= 0.3 is 0 Å². The van der Waals surface area contributed by atoms with Gasteiger partial charge in [0, 0.05) is 31.3 Å². The van der Waals surface area contributed by atoms with Gasteiger partial charge in [-0.3, -0.25) is 0 Å². The van der Waals surface area contributed by atoms with E-state index in [4.69, 9.17) is 9.72 Å². The Morgan fingerprint density at radius 3 is 2.18 bits per heavy atom. The Hall–Kier alpha value is -1.05. The number of aliphatic hydroxyl groups excluding tert-OH is 1. The molecule has 5 fully saturated rings. The predicted molar refractivity (Wildman–Crippen MR) is 131 cm³/mol. The second-order valence-electron chi connectivity index (χ2n) is 11.3. The van der Waals surface area contributed by atoms with Crippen LogP contribution in [0.4, 0.5) is 0 Å². The minimum atomic E-state index is 0. The number of aliphatic hydroxyl groups is 1. The fraction of sp³-hybridized carbons (Fsp3) is 0.679. The Bertz CT molecular complexity index is 900. The summed E-state index contributed by atoms with van der Waals surface area (Å²) in [6, 6.07) is 10.7. The van der Waals surface area contributed by atoms with Crippen LogP contribution in [0.5, 0.6) is 0 Å². The number of nitrogens with zero attached hydrogens (tertiary/aromatic N) is 2. The smallest absolute Gasteiger partial charge is 0.112 e. The molecule has 1 heterocycles. The predicted octanol–water partition coefficient (Wildman–Crippen LogP) is 5.58. The Morgan fingerprint density at radius 1 is 0.939 bits per heavy atom. The fourth-order valence-electron chi connectivity index (χ4n) is 7.89. The SMILES string of the molecule is OCc1nc(C2CCCCC2)n(Cc2ccccc2)c1COC12CC3CC(CC(C3)C1)C2.[Li]. The number of imidazole rings is 1. The van der Waals surface area contributed by atoms with Crippen LogP contribution in [-0.4, -0.2) is 39.1 Å². The number of ether oxygens (including phenoxy) is 1. The number of rotatable bonds is 7. The first-order valence-electron chi connectivity index (χ1n) is 13.1. The molecule has 0 unspecified atom stereocenters. The fourth-order valence-corrected chi connectivity index (χ4v) is 7.89. The maximum absolute atomic E-state index is 10.2. The van der Waals surface area contributed by atoms with E-state index in [1.165, 1.54) is 82.0 Å². The molecule has 5 saturated carbocycles. The normalized spacial score (nSPS) is 31.0. The average Bonchev–Trinajstić information content (AvgIpc) is 3.15. The zero-order chi connectivity index (χ0) is 21.5. The molecule has 0 spiro atoms. The number of hydrogen-bond acceptors (Lipinski definition) is 3. The van der Waals surface area contributed by atoms with Crippen molar-refractivity contribution in [3.05, 3.63) is 53.1 Å². The maximum Gasteiger partial charge on any atom is 0.112 e. The molecule has 2 aromatic rings. The van der Waals surface area contributed by atoms with Crippen LogP contribution in [-0.2, 0) is 24.5 Å². The summed E-state index contributed by atoms with van der Waals surface area (Å²) >= 11 is 0. The van der Waals surface area contributed by atoms with E-state index < -0.39 is 0 Å². The Kier molecular flexibility index (Phi) is 7.10. The van der Waals surface area contributed by atoms with E-state index in [-0.39, 0.29) is 31.1 Å². The van der Waals surface area contributed by atoms with E-state index in [0.29, 0.717) is 12.5 Å². The van der Waals surface area contributed by atoms with Gasteiger partial charge in [-0.2, -0.15) is 0 Å². The van der Waals surface area contributed by atoms with E-state index in [9.17, 15) is 5.11 Å². The number of benzene rings is 1. The van der Waals surface area contributed by atoms with E-state index in [1.54, 1.807) is 0 Å². The molecule has 0 amide bonds. The molecule has 173 valence electrons. The summed E-state index contributed by atoms with van der Waals surface area (Å²) in [5.74, 6) is 4.33. The van der Waals surface area contributed by atoms with Gasteiger partial charge in [0.1, 0.15) is 5.82 Å². The van der Waals surface area contributed by atoms with Gasteiger partial charge in [-0.15, -0.1) is 0 Å². The molecule has 0 aliphatic heterocycles. The van der Waals surface area contributed by atoms with Crippen LogP contribution in [0.3, 0.4) is 0 Å². The van der Waals surface area contributed by atoms with Gasteiger partial charge < -0.3 is 14.4 Å². The third kappa shape index (κ3) is 4.74. The van der Waals surface area contributed by atoms with E-state index in [1.807, 2.05) is 0 Å². The third-order valence-corrected chi connectivity index (χ3v) is 8.99. The van der Waals surface area contributed by atoms with Crippen molar-refractivity contribution in [2.24, 2.45) is 17.8 Å². The standard InChI is InChI=1S/C28H38N2O2.Li/c31-18-25-26(19-32-28-14-21-11-22(15-28)13-23(12-21)16-28)30(17-20-7-3-1-4-8-20)27(29-25)24-9-5-2-6-10-24;/h1,3-4,7-8,21-24,31H,2,5-6,9-19H2;. The van der Waals surface area contributed by atoms with Gasteiger partial charge in [-0.1, -0.05) is 49.6 Å². The van der Waals surface area contributed by atoms with Gasteiger partial charge in [-0.05, 0) is 74.7 Å². The first-order chi connectivity index (χ1) is 15.7. The topological polar surface area (TPSA) is 47.3 Å². The molecule has 7 rings (SSSR count). The molecule has 4 bridgehead atoms. The Balaban J connectivity index is 0.00000228. The quantitative estimate of drug-likeness (QED) is 0.571. The van der Waals surface area contributed by atoms with Crippen LogP contribution in [0.25, 0.3) is 0 Å². The summed E-state index contributed by atoms with van der Waals surface area (Å²) in [6.45, 7) is 1.41. The largest absolute Gasteiger partial charge is 0.390 e. The molecule has 5 aliphatic rings. The molecule has 33 heavy (non-hydrogen) atoms. The molecule has 0 atom stereocenters. The zero-order valence-corrected chi connectivity index (χ0v) is 20.3. The van der Waals surface area contributed by atoms with Crippen molar-refractivity contribution in [3.63, 3.8) is 0 Å². The molecule has 5 heteroatoms. The summed E-state index contributed by atoms with van der Waals surface area (Å²) in [5.41, 5.74) is 3.33. The van der Waals surface area contributed by atoms with E-state index in [0.717, 1.165) is 35.7 Å². The van der Waals surface area contributed by atoms with E-state index >= 15 is 0 Å². The van der Waals surface area contributed by atoms with Gasteiger partial charge in [0.15, 0.2) is 0 Å². The van der Waals surface area contributed by atoms with Gasteiger partial charge in [-0.25, -0.2) is 4.98 Å². The van der Waals surface area contributed by atoms with E-state index in [2.05, 4.69) is 34.9 Å². The summed E-state index contributed by atoms with van der Waals surface area (Å²) in [4.78, 5) is 5.05. The first kappa shape index (κ1) is 23.7. The first-order valence-corrected chi connectivity index (χ1v) is 13.1. The van der Waals surface area contributed by atoms with Crippen LogP contribution >= 0.6 is 0 Å². The van der Waals surface area contributed by atoms with Crippen molar-refractivity contribution in [2.75, 3.05) is 0 Å². The van der Waals surface area contributed by atoms with Crippen molar-refractivity contribution in [1.29, 1.82) is 0 Å². The van der Waals surface area contributed by atoms with Crippen LogP contribution in [0.2, 0.25) is 0 Å². The van der Waals surface area contributed by atoms with Crippen LogP contribution in [0.1, 0.15) is 99.3 Å². The molecule has 1 N–H and O–H groups in total. The van der Waals surface area contributed by atoms with Gasteiger partial charge in [0.2, 0.25) is 0 Å². The summed E-state index contributed by atoms with van der Waals surface area (Å²) in [6.07, 6.45) is 14.4. The summed E-state index contributed by atoms with van der Waals surface area (Å²) in [7, 11) is 0. The molecule has 1 radical (unpaired) electrons. The maximum atomic E-state index is 10.2. The number of hydrogen-bond donors (Lipinski definition) is 1. The molecule has 1 aromatic carbocycles. The average molecular weight is 442 g/mol. The molecular formula is C28H38LiN2O2. The minimum absolute atomic E-state index is 0. The van der Waals surface area contributed by atoms with Crippen LogP contribution in [0, 0.1) is 17.8 Å². The van der Waals surface area contributed by atoms with Crippen molar-refractivity contribution in [1.82, 2.24) is 9.55 Å². The molecule has 0 saturated heterocycles. The number of aromatic nitrogens is 2. The van der Waals surface area contributed by atoms with Crippen molar-refractivity contribution in [2.45, 2.75) is 102 Å². The summed E-state index contributed by atoms with van der Waals surface area (Å²) in [5, 5.41) is 10.2.